The molecular formula is C11H5BrF3NO. The predicted octanol–water partition coefficient (Wildman–Crippen LogP) is 3.74. The van der Waals surface area contributed by atoms with E-state index in [9.17, 15) is 18.0 Å². The van der Waals surface area contributed by atoms with E-state index >= 15 is 0 Å². The fourth-order valence-corrected chi connectivity index (χ4v) is 1.81. The third-order valence-electron chi connectivity index (χ3n) is 2.19. The number of nitrogens with zero attached hydrogens (tertiary/aromatic N) is 1. The second kappa shape index (κ2) is 4.10. The zero-order chi connectivity index (χ0) is 12.6. The lowest BCUT2D eigenvalue weighted by molar-refractivity contribution is -0.0884. The van der Waals surface area contributed by atoms with Crippen LogP contribution in [0.4, 0.5) is 13.2 Å². The van der Waals surface area contributed by atoms with Gasteiger partial charge in [0.05, 0.1) is 5.52 Å². The molecule has 0 aliphatic heterocycles. The number of fused-ring (bicyclic) bond motifs is 1. The SMILES string of the molecule is O=C(c1cccc2ncc(Br)cc12)C(F)(F)F. The number of hydrogen-bond donors (Lipinski definition) is 0. The molecule has 0 saturated heterocycles. The third-order valence-corrected chi connectivity index (χ3v) is 2.63. The molecule has 1 aromatic carbocycles. The van der Waals surface area contributed by atoms with Gasteiger partial charge >= 0.3 is 6.18 Å². The minimum Gasteiger partial charge on any atom is -0.284 e. The van der Waals surface area contributed by atoms with Crippen LogP contribution in [-0.4, -0.2) is 16.9 Å². The molecule has 2 rings (SSSR count). The summed E-state index contributed by atoms with van der Waals surface area (Å²) in [5.74, 6) is -1.86. The number of rotatable bonds is 1. The molecule has 0 N–H and O–H groups in total. The molecule has 1 aromatic heterocycles. The van der Waals surface area contributed by atoms with Crippen LogP contribution in [0.5, 0.6) is 0 Å². The number of alkyl halides is 3. The van der Waals surface area contributed by atoms with Crippen molar-refractivity contribution in [2.24, 2.45) is 0 Å². The fourth-order valence-electron chi connectivity index (χ4n) is 1.47. The van der Waals surface area contributed by atoms with Crippen molar-refractivity contribution < 1.29 is 18.0 Å². The molecular weight excluding hydrogens is 299 g/mol. The van der Waals surface area contributed by atoms with E-state index in [-0.39, 0.29) is 10.9 Å². The second-order valence-corrected chi connectivity index (χ2v) is 4.27. The van der Waals surface area contributed by atoms with E-state index in [0.29, 0.717) is 9.99 Å². The normalized spacial score (nSPS) is 11.8. The summed E-state index contributed by atoms with van der Waals surface area (Å²) in [7, 11) is 0. The highest BCUT2D eigenvalue weighted by Crippen LogP contribution is 2.27. The Morgan fingerprint density at radius 1 is 1.29 bits per heavy atom. The van der Waals surface area contributed by atoms with E-state index in [1.165, 1.54) is 18.3 Å². The molecule has 0 saturated carbocycles. The van der Waals surface area contributed by atoms with E-state index in [1.807, 2.05) is 0 Å². The fraction of sp³-hybridized carbons (Fsp3) is 0.0909. The minimum absolute atomic E-state index is 0.184. The van der Waals surface area contributed by atoms with Gasteiger partial charge in [-0.05, 0) is 28.1 Å². The molecule has 6 heteroatoms. The molecule has 17 heavy (non-hydrogen) atoms. The van der Waals surface area contributed by atoms with Gasteiger partial charge in [0, 0.05) is 21.6 Å². The Bertz CT molecular complexity index is 595. The van der Waals surface area contributed by atoms with Crippen molar-refractivity contribution in [1.29, 1.82) is 0 Å². The number of carbonyl (C=O) groups is 1. The van der Waals surface area contributed by atoms with Crippen LogP contribution in [0.1, 0.15) is 10.4 Å². The van der Waals surface area contributed by atoms with Crippen LogP contribution in [0.3, 0.4) is 0 Å². The molecule has 2 nitrogen and oxygen atoms in total. The summed E-state index contributed by atoms with van der Waals surface area (Å²) in [4.78, 5) is 15.2. The van der Waals surface area contributed by atoms with Gasteiger partial charge < -0.3 is 0 Å². The number of ketones is 1. The Balaban J connectivity index is 2.70. The van der Waals surface area contributed by atoms with Crippen molar-refractivity contribution >= 4 is 32.6 Å². The Hall–Kier alpha value is -1.43. The first-order chi connectivity index (χ1) is 7.89. The molecule has 2 aromatic rings. The van der Waals surface area contributed by atoms with Crippen LogP contribution in [-0.2, 0) is 0 Å². The number of aromatic nitrogens is 1. The van der Waals surface area contributed by atoms with Gasteiger partial charge in [0.25, 0.3) is 5.78 Å². The summed E-state index contributed by atoms with van der Waals surface area (Å²) in [6.45, 7) is 0. The highest BCUT2D eigenvalue weighted by Gasteiger charge is 2.40. The highest BCUT2D eigenvalue weighted by atomic mass is 79.9. The molecule has 0 fully saturated rings. The van der Waals surface area contributed by atoms with Crippen LogP contribution < -0.4 is 0 Å². The topological polar surface area (TPSA) is 30.0 Å². The van der Waals surface area contributed by atoms with E-state index in [4.69, 9.17) is 0 Å². The predicted molar refractivity (Wildman–Crippen MR) is 59.8 cm³/mol. The number of carbonyl (C=O) groups excluding carboxylic acids is 1. The average molecular weight is 304 g/mol. The van der Waals surface area contributed by atoms with Crippen LogP contribution >= 0.6 is 15.9 Å². The largest absolute Gasteiger partial charge is 0.454 e. The molecule has 0 bridgehead atoms. The monoisotopic (exact) mass is 303 g/mol. The average Bonchev–Trinajstić information content (AvgIpc) is 2.26. The van der Waals surface area contributed by atoms with E-state index in [1.54, 1.807) is 6.07 Å². The summed E-state index contributed by atoms with van der Waals surface area (Å²) in [5.41, 5.74) is -0.0351. The lowest BCUT2D eigenvalue weighted by Crippen LogP contribution is -2.22. The maximum absolute atomic E-state index is 12.4. The maximum atomic E-state index is 12.4. The van der Waals surface area contributed by atoms with Gasteiger partial charge in [-0.2, -0.15) is 13.2 Å². The molecule has 0 spiro atoms. The van der Waals surface area contributed by atoms with Crippen molar-refractivity contribution in [3.8, 4) is 0 Å². The molecule has 0 atom stereocenters. The molecule has 0 aliphatic rings. The number of Topliss-reactive ketones (excluding diaryl/α,β-unsaturated/α-hetero) is 1. The Labute approximate surface area is 103 Å². The maximum Gasteiger partial charge on any atom is 0.454 e. The molecule has 0 radical (unpaired) electrons. The minimum atomic E-state index is -4.88. The molecule has 1 heterocycles. The van der Waals surface area contributed by atoms with E-state index < -0.39 is 12.0 Å². The Morgan fingerprint density at radius 3 is 2.65 bits per heavy atom. The van der Waals surface area contributed by atoms with Crippen molar-refractivity contribution in [1.82, 2.24) is 4.98 Å². The van der Waals surface area contributed by atoms with Crippen LogP contribution in [0.2, 0.25) is 0 Å². The third kappa shape index (κ3) is 2.31. The molecule has 0 unspecified atom stereocenters. The smallest absolute Gasteiger partial charge is 0.284 e. The summed E-state index contributed by atoms with van der Waals surface area (Å²) in [6, 6.07) is 5.52. The van der Waals surface area contributed by atoms with Crippen molar-refractivity contribution in [2.75, 3.05) is 0 Å². The number of hydrogen-bond acceptors (Lipinski definition) is 2. The van der Waals surface area contributed by atoms with Gasteiger partial charge in [0.2, 0.25) is 0 Å². The Kier molecular flexibility index (Phi) is 2.91. The first-order valence-corrected chi connectivity index (χ1v) is 5.34. The summed E-state index contributed by atoms with van der Waals surface area (Å²) in [5, 5.41) is 0.184. The first-order valence-electron chi connectivity index (χ1n) is 4.55. The van der Waals surface area contributed by atoms with Crippen LogP contribution in [0, 0.1) is 0 Å². The Morgan fingerprint density at radius 2 is 2.00 bits per heavy atom. The van der Waals surface area contributed by atoms with Crippen molar-refractivity contribution in [2.45, 2.75) is 6.18 Å². The molecule has 0 amide bonds. The van der Waals surface area contributed by atoms with Gasteiger partial charge in [0.1, 0.15) is 0 Å². The van der Waals surface area contributed by atoms with Crippen molar-refractivity contribution in [3.05, 3.63) is 40.5 Å². The van der Waals surface area contributed by atoms with E-state index in [2.05, 4.69) is 20.9 Å². The second-order valence-electron chi connectivity index (χ2n) is 3.35. The first kappa shape index (κ1) is 12.0. The molecule has 88 valence electrons. The quantitative estimate of drug-likeness (QED) is 0.751. The standard InChI is InChI=1S/C11H5BrF3NO/c12-6-4-8-7(10(17)11(13,14)15)2-1-3-9(8)16-5-6/h1-5H. The van der Waals surface area contributed by atoms with Gasteiger partial charge in [-0.1, -0.05) is 12.1 Å². The number of pyridine rings is 1. The lowest BCUT2D eigenvalue weighted by atomic mass is 10.0. The van der Waals surface area contributed by atoms with Gasteiger partial charge in [0.15, 0.2) is 0 Å². The van der Waals surface area contributed by atoms with Crippen LogP contribution in [0.15, 0.2) is 34.9 Å². The van der Waals surface area contributed by atoms with Crippen molar-refractivity contribution in [3.63, 3.8) is 0 Å². The number of benzene rings is 1. The number of halogens is 4. The zero-order valence-corrected chi connectivity index (χ0v) is 9.84. The van der Waals surface area contributed by atoms with Gasteiger partial charge in [-0.25, -0.2) is 0 Å². The molecule has 0 aliphatic carbocycles. The van der Waals surface area contributed by atoms with E-state index in [0.717, 1.165) is 6.07 Å². The summed E-state index contributed by atoms with van der Waals surface area (Å²) >= 11 is 3.11. The summed E-state index contributed by atoms with van der Waals surface area (Å²) in [6.07, 6.45) is -3.42. The highest BCUT2D eigenvalue weighted by molar-refractivity contribution is 9.10. The van der Waals surface area contributed by atoms with Gasteiger partial charge in [-0.15, -0.1) is 0 Å². The zero-order valence-electron chi connectivity index (χ0n) is 8.25. The summed E-state index contributed by atoms with van der Waals surface area (Å²) < 4.78 is 37.7. The van der Waals surface area contributed by atoms with Crippen LogP contribution in [0.25, 0.3) is 10.9 Å². The van der Waals surface area contributed by atoms with Gasteiger partial charge in [-0.3, -0.25) is 9.78 Å². The lowest BCUT2D eigenvalue weighted by Gasteiger charge is -2.08.